The van der Waals surface area contributed by atoms with Crippen LogP contribution in [-0.4, -0.2) is 18.2 Å². The molecule has 0 atom stereocenters. The van der Waals surface area contributed by atoms with Gasteiger partial charge in [0, 0.05) is 10.6 Å². The van der Waals surface area contributed by atoms with Gasteiger partial charge in [-0.1, -0.05) is 23.2 Å². The van der Waals surface area contributed by atoms with Gasteiger partial charge in [-0.3, -0.25) is 4.79 Å². The van der Waals surface area contributed by atoms with Gasteiger partial charge in [0.2, 0.25) is 0 Å². The minimum atomic E-state index is -0.316. The zero-order valence-corrected chi connectivity index (χ0v) is 14.2. The summed E-state index contributed by atoms with van der Waals surface area (Å²) in [7, 11) is 0. The maximum atomic E-state index is 11.9. The minimum Gasteiger partial charge on any atom is -0.489 e. The smallest absolute Gasteiger partial charge is 0.271 e. The van der Waals surface area contributed by atoms with Gasteiger partial charge < -0.3 is 4.74 Å². The summed E-state index contributed by atoms with van der Waals surface area (Å²) in [4.78, 5) is 11.9. The van der Waals surface area contributed by atoms with E-state index in [1.54, 1.807) is 36.4 Å². The molecule has 1 N–H and O–H groups in total. The molecule has 0 heterocycles. The van der Waals surface area contributed by atoms with Gasteiger partial charge in [0.25, 0.3) is 5.91 Å². The molecule has 6 heteroatoms. The summed E-state index contributed by atoms with van der Waals surface area (Å²) < 4.78 is 5.55. The fourth-order valence-corrected chi connectivity index (χ4v) is 2.14. The van der Waals surface area contributed by atoms with Crippen molar-refractivity contribution in [3.05, 3.63) is 63.6 Å². The first-order valence-electron chi connectivity index (χ1n) is 7.01. The zero-order chi connectivity index (χ0) is 16.8. The molecule has 0 unspecified atom stereocenters. The summed E-state index contributed by atoms with van der Waals surface area (Å²) in [5.74, 6) is 0.299. The maximum absolute atomic E-state index is 11.9. The topological polar surface area (TPSA) is 50.7 Å². The second kappa shape index (κ2) is 7.99. The molecular formula is C17H16Cl2N2O2. The Kier molecular flexibility index (Phi) is 6.02. The van der Waals surface area contributed by atoms with Crippen LogP contribution in [0.4, 0.5) is 0 Å². The molecule has 0 aliphatic rings. The van der Waals surface area contributed by atoms with Gasteiger partial charge in [-0.25, -0.2) is 5.43 Å². The highest BCUT2D eigenvalue weighted by atomic mass is 35.5. The first-order chi connectivity index (χ1) is 11.0. The highest BCUT2D eigenvalue weighted by Gasteiger charge is 2.05. The van der Waals surface area contributed by atoms with E-state index in [-0.39, 0.29) is 12.0 Å². The SMILES string of the molecule is CC(C)Oc1ccc(/C=N\NC(=O)c2ccc(Cl)cc2)cc1Cl. The largest absolute Gasteiger partial charge is 0.489 e. The number of benzene rings is 2. The number of nitrogens with one attached hydrogen (secondary N) is 1. The van der Waals surface area contributed by atoms with E-state index >= 15 is 0 Å². The van der Waals surface area contributed by atoms with Crippen LogP contribution >= 0.6 is 23.2 Å². The lowest BCUT2D eigenvalue weighted by Gasteiger charge is -2.11. The van der Waals surface area contributed by atoms with Crippen LogP contribution in [0.5, 0.6) is 5.75 Å². The van der Waals surface area contributed by atoms with E-state index in [1.807, 2.05) is 19.9 Å². The fraction of sp³-hybridized carbons (Fsp3) is 0.176. The van der Waals surface area contributed by atoms with E-state index in [4.69, 9.17) is 27.9 Å². The molecule has 0 radical (unpaired) electrons. The predicted molar refractivity (Wildman–Crippen MR) is 93.7 cm³/mol. The zero-order valence-electron chi connectivity index (χ0n) is 12.7. The molecule has 0 spiro atoms. The molecule has 120 valence electrons. The number of hydrazone groups is 1. The summed E-state index contributed by atoms with van der Waals surface area (Å²) in [5.41, 5.74) is 3.68. The Morgan fingerprint density at radius 3 is 2.48 bits per heavy atom. The van der Waals surface area contributed by atoms with Crippen molar-refractivity contribution in [3.63, 3.8) is 0 Å². The number of amides is 1. The summed E-state index contributed by atoms with van der Waals surface area (Å²) in [6.45, 7) is 3.86. The van der Waals surface area contributed by atoms with Crippen molar-refractivity contribution in [2.75, 3.05) is 0 Å². The maximum Gasteiger partial charge on any atom is 0.271 e. The number of carbonyl (C=O) groups is 1. The molecule has 0 bridgehead atoms. The molecule has 23 heavy (non-hydrogen) atoms. The van der Waals surface area contributed by atoms with Gasteiger partial charge in [-0.15, -0.1) is 0 Å². The monoisotopic (exact) mass is 350 g/mol. The summed E-state index contributed by atoms with van der Waals surface area (Å²) in [6, 6.07) is 11.8. The molecule has 1 amide bonds. The Morgan fingerprint density at radius 1 is 1.17 bits per heavy atom. The van der Waals surface area contributed by atoms with Crippen LogP contribution in [0.15, 0.2) is 47.6 Å². The van der Waals surface area contributed by atoms with Crippen LogP contribution in [0.25, 0.3) is 0 Å². The predicted octanol–water partition coefficient (Wildman–Crippen LogP) is 4.54. The Bertz CT molecular complexity index is 713. The summed E-state index contributed by atoms with van der Waals surface area (Å²) in [6.07, 6.45) is 1.56. The molecule has 2 aromatic carbocycles. The minimum absolute atomic E-state index is 0.0469. The van der Waals surface area contributed by atoms with E-state index in [2.05, 4.69) is 10.5 Å². The Balaban J connectivity index is 1.99. The molecule has 0 aromatic heterocycles. The van der Waals surface area contributed by atoms with Gasteiger partial charge in [0.1, 0.15) is 5.75 Å². The first kappa shape index (κ1) is 17.3. The first-order valence-corrected chi connectivity index (χ1v) is 7.76. The van der Waals surface area contributed by atoms with E-state index in [0.717, 1.165) is 5.56 Å². The second-order valence-electron chi connectivity index (χ2n) is 5.06. The van der Waals surface area contributed by atoms with E-state index in [0.29, 0.717) is 21.4 Å². The van der Waals surface area contributed by atoms with Gasteiger partial charge >= 0.3 is 0 Å². The number of ether oxygens (including phenoxy) is 1. The van der Waals surface area contributed by atoms with Gasteiger partial charge in [0.15, 0.2) is 0 Å². The van der Waals surface area contributed by atoms with Crippen molar-refractivity contribution in [1.29, 1.82) is 0 Å². The lowest BCUT2D eigenvalue weighted by Crippen LogP contribution is -2.17. The molecule has 0 saturated carbocycles. The van der Waals surface area contributed by atoms with Crippen molar-refractivity contribution >= 4 is 35.3 Å². The van der Waals surface area contributed by atoms with Gasteiger partial charge in [-0.2, -0.15) is 5.10 Å². The fourth-order valence-electron chi connectivity index (χ4n) is 1.78. The van der Waals surface area contributed by atoms with Crippen LogP contribution in [0, 0.1) is 0 Å². The highest BCUT2D eigenvalue weighted by Crippen LogP contribution is 2.25. The second-order valence-corrected chi connectivity index (χ2v) is 5.91. The van der Waals surface area contributed by atoms with Crippen molar-refractivity contribution in [2.24, 2.45) is 5.10 Å². The van der Waals surface area contributed by atoms with Gasteiger partial charge in [0.05, 0.1) is 17.3 Å². The number of carbonyl (C=O) groups excluding carboxylic acids is 1. The van der Waals surface area contributed by atoms with Crippen LogP contribution in [0.2, 0.25) is 10.0 Å². The van der Waals surface area contributed by atoms with Crippen molar-refractivity contribution in [1.82, 2.24) is 5.43 Å². The van der Waals surface area contributed by atoms with Crippen LogP contribution in [0.3, 0.4) is 0 Å². The number of halogens is 2. The van der Waals surface area contributed by atoms with Crippen molar-refractivity contribution in [2.45, 2.75) is 20.0 Å². The third kappa shape index (κ3) is 5.27. The Labute approximate surface area is 145 Å². The Morgan fingerprint density at radius 2 is 1.87 bits per heavy atom. The lowest BCUT2D eigenvalue weighted by molar-refractivity contribution is 0.0955. The lowest BCUT2D eigenvalue weighted by atomic mass is 10.2. The molecule has 0 saturated heterocycles. The number of rotatable bonds is 5. The molecule has 2 rings (SSSR count). The molecule has 0 fully saturated rings. The van der Waals surface area contributed by atoms with E-state index in [1.165, 1.54) is 6.21 Å². The standard InChI is InChI=1S/C17H16Cl2N2O2/c1-11(2)23-16-8-3-12(9-15(16)19)10-20-21-17(22)13-4-6-14(18)7-5-13/h3-11H,1-2H3,(H,21,22)/b20-10-. The van der Waals surface area contributed by atoms with Crippen molar-refractivity contribution in [3.8, 4) is 5.75 Å². The molecular weight excluding hydrogens is 335 g/mol. The van der Waals surface area contributed by atoms with E-state index < -0.39 is 0 Å². The third-order valence-electron chi connectivity index (χ3n) is 2.80. The van der Waals surface area contributed by atoms with Gasteiger partial charge in [-0.05, 0) is 61.9 Å². The number of hydrogen-bond acceptors (Lipinski definition) is 3. The van der Waals surface area contributed by atoms with Crippen LogP contribution < -0.4 is 10.2 Å². The van der Waals surface area contributed by atoms with Crippen LogP contribution in [-0.2, 0) is 0 Å². The normalized spacial score (nSPS) is 11.0. The average Bonchev–Trinajstić information content (AvgIpc) is 2.50. The highest BCUT2D eigenvalue weighted by molar-refractivity contribution is 6.32. The van der Waals surface area contributed by atoms with E-state index in [9.17, 15) is 4.79 Å². The molecule has 4 nitrogen and oxygen atoms in total. The molecule has 0 aliphatic heterocycles. The molecule has 0 aliphatic carbocycles. The number of nitrogens with zero attached hydrogens (tertiary/aromatic N) is 1. The molecule has 2 aromatic rings. The Hall–Kier alpha value is -2.04. The number of hydrogen-bond donors (Lipinski definition) is 1. The van der Waals surface area contributed by atoms with Crippen LogP contribution in [0.1, 0.15) is 29.8 Å². The summed E-state index contributed by atoms with van der Waals surface area (Å²) in [5, 5.41) is 4.98. The quantitative estimate of drug-likeness (QED) is 0.635. The third-order valence-corrected chi connectivity index (χ3v) is 3.35. The van der Waals surface area contributed by atoms with Crippen molar-refractivity contribution < 1.29 is 9.53 Å². The summed E-state index contributed by atoms with van der Waals surface area (Å²) >= 11 is 11.9. The average molecular weight is 351 g/mol.